The second-order valence-corrected chi connectivity index (χ2v) is 4.57. The van der Waals surface area contributed by atoms with Gasteiger partial charge in [0.25, 0.3) is 5.91 Å². The van der Waals surface area contributed by atoms with E-state index in [4.69, 9.17) is 9.52 Å². The summed E-state index contributed by atoms with van der Waals surface area (Å²) in [4.78, 5) is 12.2. The summed E-state index contributed by atoms with van der Waals surface area (Å²) >= 11 is 0. The number of rotatable bonds is 4. The first-order valence-corrected chi connectivity index (χ1v) is 6.75. The van der Waals surface area contributed by atoms with Crippen molar-refractivity contribution in [2.75, 3.05) is 6.61 Å². The molecule has 0 saturated carbocycles. The minimum Gasteiger partial charge on any atom is -0.467 e. The molecule has 1 unspecified atom stereocenters. The molecule has 1 amide bonds. The Morgan fingerprint density at radius 3 is 2.95 bits per heavy atom. The smallest absolute Gasteiger partial charge is 0.251 e. The lowest BCUT2D eigenvalue weighted by molar-refractivity contribution is 0.0935. The number of amides is 1. The van der Waals surface area contributed by atoms with Crippen LogP contribution in [0.15, 0.2) is 47.1 Å². The number of benzene rings is 1. The van der Waals surface area contributed by atoms with Gasteiger partial charge in [0.1, 0.15) is 5.76 Å². The topological polar surface area (TPSA) is 62.5 Å². The highest BCUT2D eigenvalue weighted by atomic mass is 16.3. The van der Waals surface area contributed by atoms with Gasteiger partial charge in [0.05, 0.1) is 18.9 Å². The fourth-order valence-corrected chi connectivity index (χ4v) is 1.85. The Morgan fingerprint density at radius 2 is 2.24 bits per heavy atom. The highest BCUT2D eigenvalue weighted by Gasteiger charge is 2.13. The number of furan rings is 1. The van der Waals surface area contributed by atoms with Crippen LogP contribution in [0, 0.1) is 11.8 Å². The zero-order valence-electron chi connectivity index (χ0n) is 11.8. The molecular weight excluding hydrogens is 266 g/mol. The molecule has 0 fully saturated rings. The maximum absolute atomic E-state index is 12.2. The van der Waals surface area contributed by atoms with Crippen LogP contribution in [-0.4, -0.2) is 17.6 Å². The molecule has 1 heterocycles. The first-order valence-electron chi connectivity index (χ1n) is 6.75. The van der Waals surface area contributed by atoms with Crippen LogP contribution in [0.3, 0.4) is 0 Å². The van der Waals surface area contributed by atoms with Gasteiger partial charge in [-0.3, -0.25) is 4.79 Å². The van der Waals surface area contributed by atoms with Gasteiger partial charge in [0.2, 0.25) is 0 Å². The number of hydrogen-bond donors (Lipinski definition) is 2. The van der Waals surface area contributed by atoms with E-state index in [9.17, 15) is 4.79 Å². The quantitative estimate of drug-likeness (QED) is 0.847. The van der Waals surface area contributed by atoms with E-state index in [0.717, 1.165) is 5.56 Å². The standard InChI is InChI=1S/C17H17NO3/c1-13(16-9-5-11-21-16)18-17(20)15-8-4-7-14(12-15)6-2-3-10-19/h4-5,7-9,11-13,19H,3,10H2,1H3,(H,18,20). The van der Waals surface area contributed by atoms with E-state index in [1.165, 1.54) is 0 Å². The maximum Gasteiger partial charge on any atom is 0.251 e. The van der Waals surface area contributed by atoms with E-state index in [1.807, 2.05) is 19.1 Å². The molecular formula is C17H17NO3. The summed E-state index contributed by atoms with van der Waals surface area (Å²) in [5.41, 5.74) is 1.30. The molecule has 0 spiro atoms. The second kappa shape index (κ2) is 7.32. The highest BCUT2D eigenvalue weighted by molar-refractivity contribution is 5.94. The summed E-state index contributed by atoms with van der Waals surface area (Å²) in [6.07, 6.45) is 2.00. The van der Waals surface area contributed by atoms with Crippen molar-refractivity contribution in [3.63, 3.8) is 0 Å². The molecule has 4 nitrogen and oxygen atoms in total. The van der Waals surface area contributed by atoms with Crippen LogP contribution in [0.5, 0.6) is 0 Å². The summed E-state index contributed by atoms with van der Waals surface area (Å²) in [6.45, 7) is 1.90. The first kappa shape index (κ1) is 14.9. The molecule has 2 rings (SSSR count). The van der Waals surface area contributed by atoms with Crippen molar-refractivity contribution in [3.8, 4) is 11.8 Å². The van der Waals surface area contributed by atoms with Crippen LogP contribution in [0.25, 0.3) is 0 Å². The largest absolute Gasteiger partial charge is 0.467 e. The number of aliphatic hydroxyl groups is 1. The molecule has 2 N–H and O–H groups in total. The van der Waals surface area contributed by atoms with Crippen molar-refractivity contribution >= 4 is 5.91 Å². The third kappa shape index (κ3) is 4.23. The predicted octanol–water partition coefficient (Wildman–Crippen LogP) is 2.50. The minimum absolute atomic E-state index is 0.0356. The van der Waals surface area contributed by atoms with Crippen LogP contribution in [0.1, 0.15) is 41.1 Å². The Labute approximate surface area is 123 Å². The molecule has 1 aromatic heterocycles. The molecule has 0 saturated heterocycles. The monoisotopic (exact) mass is 283 g/mol. The fourth-order valence-electron chi connectivity index (χ4n) is 1.85. The SMILES string of the molecule is CC(NC(=O)c1cccc(C#CCCO)c1)c1ccco1. The van der Waals surface area contributed by atoms with Gasteiger partial charge < -0.3 is 14.8 Å². The highest BCUT2D eigenvalue weighted by Crippen LogP contribution is 2.13. The molecule has 0 aliphatic carbocycles. The third-order valence-corrected chi connectivity index (χ3v) is 2.91. The van der Waals surface area contributed by atoms with Crippen LogP contribution in [-0.2, 0) is 0 Å². The van der Waals surface area contributed by atoms with E-state index in [1.54, 1.807) is 30.5 Å². The maximum atomic E-state index is 12.2. The Hall–Kier alpha value is -2.51. The molecule has 1 atom stereocenters. The lowest BCUT2D eigenvalue weighted by Gasteiger charge is -2.11. The number of carbonyl (C=O) groups is 1. The van der Waals surface area contributed by atoms with Crippen molar-refractivity contribution in [1.29, 1.82) is 0 Å². The lowest BCUT2D eigenvalue weighted by Crippen LogP contribution is -2.26. The fraction of sp³-hybridized carbons (Fsp3) is 0.235. The van der Waals surface area contributed by atoms with E-state index in [2.05, 4.69) is 17.2 Å². The molecule has 0 aliphatic rings. The zero-order valence-corrected chi connectivity index (χ0v) is 11.8. The number of nitrogens with one attached hydrogen (secondary N) is 1. The molecule has 4 heteroatoms. The van der Waals surface area contributed by atoms with Gasteiger partial charge in [0, 0.05) is 17.5 Å². The number of carbonyl (C=O) groups excluding carboxylic acids is 1. The van der Waals surface area contributed by atoms with Crippen molar-refractivity contribution in [1.82, 2.24) is 5.32 Å². The van der Waals surface area contributed by atoms with Gasteiger partial charge in [-0.05, 0) is 37.3 Å². The van der Waals surface area contributed by atoms with Gasteiger partial charge in [-0.2, -0.15) is 0 Å². The van der Waals surface area contributed by atoms with E-state index in [0.29, 0.717) is 17.7 Å². The summed E-state index contributed by atoms with van der Waals surface area (Å²) in [7, 11) is 0. The first-order chi connectivity index (χ1) is 10.2. The molecule has 0 radical (unpaired) electrons. The lowest BCUT2D eigenvalue weighted by atomic mass is 10.1. The summed E-state index contributed by atoms with van der Waals surface area (Å²) in [5, 5.41) is 11.6. The van der Waals surface area contributed by atoms with Gasteiger partial charge >= 0.3 is 0 Å². The third-order valence-electron chi connectivity index (χ3n) is 2.91. The molecule has 21 heavy (non-hydrogen) atoms. The minimum atomic E-state index is -0.198. The van der Waals surface area contributed by atoms with Gasteiger partial charge in [-0.15, -0.1) is 0 Å². The zero-order chi connectivity index (χ0) is 15.1. The normalized spacial score (nSPS) is 11.3. The van der Waals surface area contributed by atoms with Crippen LogP contribution >= 0.6 is 0 Å². The molecule has 1 aromatic carbocycles. The van der Waals surface area contributed by atoms with Gasteiger partial charge in [-0.25, -0.2) is 0 Å². The summed E-state index contributed by atoms with van der Waals surface area (Å²) < 4.78 is 5.26. The summed E-state index contributed by atoms with van der Waals surface area (Å²) in [6, 6.07) is 10.5. The summed E-state index contributed by atoms with van der Waals surface area (Å²) in [5.74, 6) is 6.28. The molecule has 2 aromatic rings. The average Bonchev–Trinajstić information content (AvgIpc) is 3.02. The van der Waals surface area contributed by atoms with Crippen LogP contribution in [0.2, 0.25) is 0 Å². The van der Waals surface area contributed by atoms with E-state index < -0.39 is 0 Å². The molecule has 0 aliphatic heterocycles. The van der Waals surface area contributed by atoms with Crippen LogP contribution < -0.4 is 5.32 Å². The number of hydrogen-bond acceptors (Lipinski definition) is 3. The Bertz CT molecular complexity index is 650. The van der Waals surface area contributed by atoms with Gasteiger partial charge in [0.15, 0.2) is 0 Å². The van der Waals surface area contributed by atoms with Crippen molar-refractivity contribution < 1.29 is 14.3 Å². The second-order valence-electron chi connectivity index (χ2n) is 4.57. The molecule has 0 bridgehead atoms. The Kier molecular flexibility index (Phi) is 5.19. The number of aliphatic hydroxyl groups excluding tert-OH is 1. The average molecular weight is 283 g/mol. The van der Waals surface area contributed by atoms with Crippen LogP contribution in [0.4, 0.5) is 0 Å². The Balaban J connectivity index is 2.06. The van der Waals surface area contributed by atoms with Crippen molar-refractivity contribution in [3.05, 3.63) is 59.5 Å². The van der Waals surface area contributed by atoms with E-state index in [-0.39, 0.29) is 18.6 Å². The Morgan fingerprint density at radius 1 is 1.38 bits per heavy atom. The predicted molar refractivity (Wildman–Crippen MR) is 79.6 cm³/mol. The van der Waals surface area contributed by atoms with Gasteiger partial charge in [-0.1, -0.05) is 17.9 Å². The van der Waals surface area contributed by atoms with Crippen molar-refractivity contribution in [2.45, 2.75) is 19.4 Å². The van der Waals surface area contributed by atoms with E-state index >= 15 is 0 Å². The molecule has 108 valence electrons. The van der Waals surface area contributed by atoms with Crippen molar-refractivity contribution in [2.24, 2.45) is 0 Å².